The van der Waals surface area contributed by atoms with Crippen molar-refractivity contribution in [2.45, 2.75) is 63.1 Å². The molecule has 0 bridgehead atoms. The van der Waals surface area contributed by atoms with E-state index < -0.39 is 41.4 Å². The summed E-state index contributed by atoms with van der Waals surface area (Å²) in [6.45, 7) is 7.11. The Morgan fingerprint density at radius 2 is 1.95 bits per heavy atom. The maximum Gasteiger partial charge on any atom is 0.341 e. The Morgan fingerprint density at radius 3 is 2.45 bits per heavy atom. The van der Waals surface area contributed by atoms with Gasteiger partial charge in [-0.2, -0.15) is 0 Å². The minimum absolute atomic E-state index is 0.0318. The van der Waals surface area contributed by atoms with E-state index in [-0.39, 0.29) is 13.2 Å². The van der Waals surface area contributed by atoms with Crippen LogP contribution in [0.15, 0.2) is 5.11 Å². The largest absolute Gasteiger partial charge is 0.457 e. The molecule has 22 heavy (non-hydrogen) atoms. The van der Waals surface area contributed by atoms with E-state index in [9.17, 15) is 4.79 Å². The Balaban J connectivity index is 1.91. The molecule has 0 amide bonds. The number of rotatable bonds is 2. The molecule has 1 spiro atoms. The zero-order valence-corrected chi connectivity index (χ0v) is 12.9. The van der Waals surface area contributed by atoms with Gasteiger partial charge < -0.3 is 23.7 Å². The first-order valence-corrected chi connectivity index (χ1v) is 7.10. The number of azide groups is 1. The zero-order chi connectivity index (χ0) is 16.2. The van der Waals surface area contributed by atoms with Crippen LogP contribution in [0.5, 0.6) is 0 Å². The third-order valence-electron chi connectivity index (χ3n) is 4.01. The summed E-state index contributed by atoms with van der Waals surface area (Å²) in [6, 6.07) is -0.880. The second kappa shape index (κ2) is 4.81. The van der Waals surface area contributed by atoms with Gasteiger partial charge in [-0.25, -0.2) is 4.79 Å². The molecule has 3 fully saturated rings. The van der Waals surface area contributed by atoms with E-state index in [1.807, 2.05) is 0 Å². The molecule has 4 unspecified atom stereocenters. The van der Waals surface area contributed by atoms with Crippen LogP contribution in [0, 0.1) is 0 Å². The fourth-order valence-corrected chi connectivity index (χ4v) is 3.07. The van der Waals surface area contributed by atoms with Crippen molar-refractivity contribution in [3.63, 3.8) is 0 Å². The fourth-order valence-electron chi connectivity index (χ4n) is 3.07. The van der Waals surface area contributed by atoms with Crippen LogP contribution in [0.2, 0.25) is 0 Å². The maximum absolute atomic E-state index is 12.4. The second-order valence-corrected chi connectivity index (χ2v) is 6.57. The van der Waals surface area contributed by atoms with E-state index in [1.165, 1.54) is 0 Å². The predicted octanol–water partition coefficient (Wildman–Crippen LogP) is 1.26. The van der Waals surface area contributed by atoms with E-state index in [2.05, 4.69) is 10.0 Å². The normalized spacial score (nSPS) is 42.4. The van der Waals surface area contributed by atoms with Crippen LogP contribution >= 0.6 is 0 Å². The van der Waals surface area contributed by atoms with E-state index in [0.717, 1.165) is 0 Å². The van der Waals surface area contributed by atoms with E-state index in [1.54, 1.807) is 27.7 Å². The van der Waals surface area contributed by atoms with Crippen LogP contribution in [0.25, 0.3) is 10.4 Å². The summed E-state index contributed by atoms with van der Waals surface area (Å²) in [6.07, 6.45) is -1.30. The van der Waals surface area contributed by atoms with Gasteiger partial charge in [0.1, 0.15) is 18.2 Å². The molecule has 3 rings (SSSR count). The number of hydrogen-bond acceptors (Lipinski definition) is 7. The van der Waals surface area contributed by atoms with E-state index in [4.69, 9.17) is 29.2 Å². The lowest BCUT2D eigenvalue weighted by molar-refractivity contribution is -0.179. The first-order valence-electron chi connectivity index (χ1n) is 7.10. The van der Waals surface area contributed by atoms with Gasteiger partial charge >= 0.3 is 5.97 Å². The van der Waals surface area contributed by atoms with Crippen molar-refractivity contribution in [3.8, 4) is 0 Å². The highest BCUT2D eigenvalue weighted by Crippen LogP contribution is 2.44. The Morgan fingerprint density at radius 1 is 1.23 bits per heavy atom. The molecule has 3 aliphatic heterocycles. The lowest BCUT2D eigenvalue weighted by Crippen LogP contribution is -2.50. The summed E-state index contributed by atoms with van der Waals surface area (Å²) < 4.78 is 27.9. The average Bonchev–Trinajstić information content (AvgIpc) is 3.01. The molecule has 0 saturated carbocycles. The second-order valence-electron chi connectivity index (χ2n) is 6.57. The third-order valence-corrected chi connectivity index (χ3v) is 4.01. The van der Waals surface area contributed by atoms with Crippen molar-refractivity contribution >= 4 is 5.97 Å². The number of carbonyl (C=O) groups excluding carboxylic acids is 1. The molecule has 3 heterocycles. The van der Waals surface area contributed by atoms with E-state index in [0.29, 0.717) is 0 Å². The minimum atomic E-state index is -1.43. The number of nitrogens with zero attached hydrogens (tertiary/aromatic N) is 3. The molecule has 9 heteroatoms. The first kappa shape index (κ1) is 15.5. The summed E-state index contributed by atoms with van der Waals surface area (Å²) in [5, 5.41) is 3.74. The lowest BCUT2D eigenvalue weighted by atomic mass is 9.92. The Labute approximate surface area is 127 Å². The lowest BCUT2D eigenvalue weighted by Gasteiger charge is -2.27. The Hall–Kier alpha value is -1.38. The smallest absolute Gasteiger partial charge is 0.341 e. The molecular formula is C13H19N3O6. The predicted molar refractivity (Wildman–Crippen MR) is 71.6 cm³/mol. The third kappa shape index (κ3) is 2.35. The summed E-state index contributed by atoms with van der Waals surface area (Å²) >= 11 is 0. The van der Waals surface area contributed by atoms with Crippen LogP contribution in [-0.2, 0) is 28.5 Å². The molecule has 0 aromatic carbocycles. The number of hydrogen-bond donors (Lipinski definition) is 0. The molecule has 3 aliphatic rings. The molecule has 0 N–H and O–H groups in total. The molecule has 0 aromatic heterocycles. The van der Waals surface area contributed by atoms with Crippen LogP contribution in [0.3, 0.4) is 0 Å². The molecule has 122 valence electrons. The monoisotopic (exact) mass is 313 g/mol. The highest BCUT2D eigenvalue weighted by atomic mass is 16.8. The first-order chi connectivity index (χ1) is 10.2. The SMILES string of the molecule is CC1(C)OCC(C2OC(=O)C3(COC(C)(C)O3)C2N=[N+]=[N-])O1. The van der Waals surface area contributed by atoms with Gasteiger partial charge in [-0.1, -0.05) is 5.11 Å². The molecule has 9 nitrogen and oxygen atoms in total. The summed E-state index contributed by atoms with van der Waals surface area (Å²) in [7, 11) is 0. The number of esters is 1. The van der Waals surface area contributed by atoms with Crippen molar-refractivity contribution in [2.75, 3.05) is 13.2 Å². The number of ether oxygens (including phenoxy) is 5. The molecule has 4 atom stereocenters. The van der Waals surface area contributed by atoms with Crippen molar-refractivity contribution in [1.29, 1.82) is 0 Å². The molecule has 3 saturated heterocycles. The van der Waals surface area contributed by atoms with Gasteiger partial charge in [-0.15, -0.1) is 0 Å². The summed E-state index contributed by atoms with van der Waals surface area (Å²) in [4.78, 5) is 15.2. The van der Waals surface area contributed by atoms with Crippen LogP contribution in [-0.4, -0.2) is 54.6 Å². The molecule has 0 radical (unpaired) electrons. The summed E-state index contributed by atoms with van der Waals surface area (Å²) in [5.74, 6) is -2.34. The Kier molecular flexibility index (Phi) is 3.39. The van der Waals surface area contributed by atoms with Gasteiger partial charge in [0.05, 0.1) is 13.2 Å². The van der Waals surface area contributed by atoms with Gasteiger partial charge in [0.2, 0.25) is 5.60 Å². The van der Waals surface area contributed by atoms with Gasteiger partial charge in [0.15, 0.2) is 11.6 Å². The van der Waals surface area contributed by atoms with Crippen LogP contribution in [0.1, 0.15) is 27.7 Å². The van der Waals surface area contributed by atoms with Crippen molar-refractivity contribution < 1.29 is 28.5 Å². The van der Waals surface area contributed by atoms with E-state index >= 15 is 0 Å². The minimum Gasteiger partial charge on any atom is -0.457 e. The van der Waals surface area contributed by atoms with Gasteiger partial charge in [-0.3, -0.25) is 0 Å². The van der Waals surface area contributed by atoms with Crippen molar-refractivity contribution in [3.05, 3.63) is 10.4 Å². The number of carbonyl (C=O) groups is 1. The standard InChI is InChI=1S/C13H19N3O6/c1-11(2)18-5-7(21-11)8-9(15-16-14)13(10(17)20-8)6-19-12(3,4)22-13/h7-9H,5-6H2,1-4H3. The molecular weight excluding hydrogens is 294 g/mol. The van der Waals surface area contributed by atoms with Gasteiger partial charge in [-0.05, 0) is 33.2 Å². The van der Waals surface area contributed by atoms with Gasteiger partial charge in [0.25, 0.3) is 0 Å². The maximum atomic E-state index is 12.4. The highest BCUT2D eigenvalue weighted by molar-refractivity contribution is 5.84. The highest BCUT2D eigenvalue weighted by Gasteiger charge is 2.66. The quantitative estimate of drug-likeness (QED) is 0.328. The topological polar surface area (TPSA) is 112 Å². The Bertz CT molecular complexity index is 544. The molecule has 0 aromatic rings. The van der Waals surface area contributed by atoms with Crippen molar-refractivity contribution in [1.82, 2.24) is 0 Å². The van der Waals surface area contributed by atoms with Gasteiger partial charge in [0, 0.05) is 4.91 Å². The summed E-state index contributed by atoms with van der Waals surface area (Å²) in [5.41, 5.74) is 7.44. The number of cyclic esters (lactones) is 1. The van der Waals surface area contributed by atoms with Crippen molar-refractivity contribution in [2.24, 2.45) is 5.11 Å². The fraction of sp³-hybridized carbons (Fsp3) is 0.923. The molecule has 0 aliphatic carbocycles. The zero-order valence-electron chi connectivity index (χ0n) is 12.9. The van der Waals surface area contributed by atoms with Crippen LogP contribution < -0.4 is 0 Å². The average molecular weight is 313 g/mol. The van der Waals surface area contributed by atoms with Crippen LogP contribution in [0.4, 0.5) is 0 Å².